The maximum atomic E-state index is 13.1. The van der Waals surface area contributed by atoms with E-state index in [4.69, 9.17) is 5.73 Å². The van der Waals surface area contributed by atoms with E-state index in [2.05, 4.69) is 0 Å². The Morgan fingerprint density at radius 3 is 2.11 bits per heavy atom. The average molecular weight is 251 g/mol. The van der Waals surface area contributed by atoms with Crippen molar-refractivity contribution in [3.8, 4) is 0 Å². The normalized spacial score (nSPS) is 12.5. The van der Waals surface area contributed by atoms with Gasteiger partial charge in [0.1, 0.15) is 0 Å². The van der Waals surface area contributed by atoms with E-state index < -0.39 is 23.5 Å². The lowest BCUT2D eigenvalue weighted by molar-refractivity contribution is 0.444. The van der Waals surface area contributed by atoms with Crippen molar-refractivity contribution >= 4 is 0 Å². The molecule has 2 N–H and O–H groups in total. The molecule has 94 valence electrons. The lowest BCUT2D eigenvalue weighted by atomic mass is 9.98. The summed E-state index contributed by atoms with van der Waals surface area (Å²) in [6.45, 7) is 1.89. The second kappa shape index (κ2) is 4.82. The first-order chi connectivity index (χ1) is 8.49. The Hall–Kier alpha value is -1.81. The van der Waals surface area contributed by atoms with E-state index in [-0.39, 0.29) is 5.56 Å². The average Bonchev–Trinajstić information content (AvgIpc) is 2.34. The van der Waals surface area contributed by atoms with E-state index in [1.165, 1.54) is 0 Å². The van der Waals surface area contributed by atoms with Gasteiger partial charge in [-0.3, -0.25) is 0 Å². The molecule has 1 unspecified atom stereocenters. The molecule has 0 saturated carbocycles. The minimum atomic E-state index is -1.48. The van der Waals surface area contributed by atoms with Gasteiger partial charge in [-0.2, -0.15) is 0 Å². The van der Waals surface area contributed by atoms with Gasteiger partial charge in [0.05, 0.1) is 6.04 Å². The van der Waals surface area contributed by atoms with E-state index in [0.717, 1.165) is 23.3 Å². The number of hydrogen-bond donors (Lipinski definition) is 1. The Morgan fingerprint density at radius 1 is 0.944 bits per heavy atom. The van der Waals surface area contributed by atoms with Crippen LogP contribution in [0.1, 0.15) is 22.7 Å². The van der Waals surface area contributed by atoms with Crippen molar-refractivity contribution in [2.75, 3.05) is 0 Å². The van der Waals surface area contributed by atoms with E-state index in [1.807, 2.05) is 19.1 Å². The molecule has 0 saturated heterocycles. The van der Waals surface area contributed by atoms with Crippen LogP contribution in [0.5, 0.6) is 0 Å². The fourth-order valence-electron chi connectivity index (χ4n) is 1.81. The fourth-order valence-corrected chi connectivity index (χ4v) is 1.81. The highest BCUT2D eigenvalue weighted by Crippen LogP contribution is 2.23. The van der Waals surface area contributed by atoms with E-state index >= 15 is 0 Å². The molecule has 0 amide bonds. The molecule has 2 aromatic rings. The van der Waals surface area contributed by atoms with Crippen LogP contribution in [0.2, 0.25) is 0 Å². The first kappa shape index (κ1) is 12.6. The van der Waals surface area contributed by atoms with Crippen LogP contribution in [-0.2, 0) is 0 Å². The van der Waals surface area contributed by atoms with E-state index in [1.54, 1.807) is 12.1 Å². The van der Waals surface area contributed by atoms with Gasteiger partial charge in [0.15, 0.2) is 17.5 Å². The Bertz CT molecular complexity index is 558. The second-order valence-electron chi connectivity index (χ2n) is 4.19. The Morgan fingerprint density at radius 2 is 1.56 bits per heavy atom. The monoisotopic (exact) mass is 251 g/mol. The molecule has 18 heavy (non-hydrogen) atoms. The van der Waals surface area contributed by atoms with Crippen LogP contribution >= 0.6 is 0 Å². The number of nitrogens with two attached hydrogens (primary N) is 1. The molecular weight excluding hydrogens is 239 g/mol. The van der Waals surface area contributed by atoms with Crippen LogP contribution in [0.4, 0.5) is 13.2 Å². The van der Waals surface area contributed by atoms with Crippen LogP contribution < -0.4 is 5.73 Å². The van der Waals surface area contributed by atoms with E-state index in [0.29, 0.717) is 0 Å². The predicted octanol–water partition coefficient (Wildman–Crippen LogP) is 3.46. The van der Waals surface area contributed by atoms with Crippen molar-refractivity contribution in [3.63, 3.8) is 0 Å². The highest BCUT2D eigenvalue weighted by atomic mass is 19.2. The smallest absolute Gasteiger partial charge is 0.194 e. The number of hydrogen-bond acceptors (Lipinski definition) is 1. The van der Waals surface area contributed by atoms with E-state index in [9.17, 15) is 13.2 Å². The van der Waals surface area contributed by atoms with Crippen LogP contribution in [0.15, 0.2) is 36.4 Å². The number of benzene rings is 2. The third-order valence-corrected chi connectivity index (χ3v) is 2.77. The molecule has 0 spiro atoms. The Balaban J connectivity index is 2.43. The number of aryl methyl sites for hydroxylation is 1. The van der Waals surface area contributed by atoms with Gasteiger partial charge in [0, 0.05) is 0 Å². The fraction of sp³-hybridized carbons (Fsp3) is 0.143. The summed E-state index contributed by atoms with van der Waals surface area (Å²) in [7, 11) is 0. The summed E-state index contributed by atoms with van der Waals surface area (Å²) < 4.78 is 39.1. The first-order valence-electron chi connectivity index (χ1n) is 5.45. The molecule has 0 fully saturated rings. The van der Waals surface area contributed by atoms with Gasteiger partial charge in [0.2, 0.25) is 0 Å². The molecule has 0 bridgehead atoms. The lowest BCUT2D eigenvalue weighted by Gasteiger charge is -2.13. The van der Waals surface area contributed by atoms with Gasteiger partial charge in [-0.1, -0.05) is 29.8 Å². The van der Waals surface area contributed by atoms with Crippen molar-refractivity contribution in [1.29, 1.82) is 0 Å². The minimum absolute atomic E-state index is 0.206. The number of halogens is 3. The maximum Gasteiger partial charge on any atom is 0.194 e. The van der Waals surface area contributed by atoms with Crippen molar-refractivity contribution in [1.82, 2.24) is 0 Å². The highest BCUT2D eigenvalue weighted by Gasteiger charge is 2.15. The molecule has 0 aromatic heterocycles. The largest absolute Gasteiger partial charge is 0.320 e. The topological polar surface area (TPSA) is 26.0 Å². The molecule has 0 radical (unpaired) electrons. The van der Waals surface area contributed by atoms with Gasteiger partial charge in [-0.25, -0.2) is 13.2 Å². The third-order valence-electron chi connectivity index (χ3n) is 2.77. The van der Waals surface area contributed by atoms with Crippen LogP contribution in [0.3, 0.4) is 0 Å². The highest BCUT2D eigenvalue weighted by molar-refractivity contribution is 5.34. The minimum Gasteiger partial charge on any atom is -0.320 e. The van der Waals surface area contributed by atoms with Gasteiger partial charge in [-0.15, -0.1) is 0 Å². The van der Waals surface area contributed by atoms with Gasteiger partial charge >= 0.3 is 0 Å². The molecule has 0 aliphatic rings. The van der Waals surface area contributed by atoms with Crippen molar-refractivity contribution in [2.45, 2.75) is 13.0 Å². The molecular formula is C14H12F3N. The molecule has 0 aliphatic heterocycles. The SMILES string of the molecule is Cc1cccc(C(N)c2cc(F)c(F)c(F)c2)c1. The van der Waals surface area contributed by atoms with Crippen LogP contribution in [0, 0.1) is 24.4 Å². The molecule has 2 aromatic carbocycles. The summed E-state index contributed by atoms with van der Waals surface area (Å²) in [4.78, 5) is 0. The number of rotatable bonds is 2. The summed E-state index contributed by atoms with van der Waals surface area (Å²) in [5.74, 6) is -3.93. The van der Waals surface area contributed by atoms with Crippen molar-refractivity contribution < 1.29 is 13.2 Å². The quantitative estimate of drug-likeness (QED) is 0.813. The molecule has 2 rings (SSSR count). The summed E-state index contributed by atoms with van der Waals surface area (Å²) in [5.41, 5.74) is 7.84. The molecule has 1 atom stereocenters. The second-order valence-corrected chi connectivity index (χ2v) is 4.19. The van der Waals surface area contributed by atoms with Crippen LogP contribution in [0.25, 0.3) is 0 Å². The van der Waals surface area contributed by atoms with Gasteiger partial charge < -0.3 is 5.73 Å². The summed E-state index contributed by atoms with van der Waals surface area (Å²) in [6, 6.07) is 8.44. The molecule has 1 nitrogen and oxygen atoms in total. The third kappa shape index (κ3) is 2.38. The van der Waals surface area contributed by atoms with Crippen molar-refractivity contribution in [3.05, 3.63) is 70.5 Å². The zero-order chi connectivity index (χ0) is 13.3. The standard InChI is InChI=1S/C14H12F3N/c1-8-3-2-4-9(5-8)14(18)10-6-11(15)13(17)12(16)7-10/h2-7,14H,18H2,1H3. The molecule has 4 heteroatoms. The van der Waals surface area contributed by atoms with Crippen LogP contribution in [-0.4, -0.2) is 0 Å². The first-order valence-corrected chi connectivity index (χ1v) is 5.45. The van der Waals surface area contributed by atoms with Crippen molar-refractivity contribution in [2.24, 2.45) is 5.73 Å². The zero-order valence-corrected chi connectivity index (χ0v) is 9.75. The Kier molecular flexibility index (Phi) is 3.39. The predicted molar refractivity (Wildman–Crippen MR) is 63.5 cm³/mol. The van der Waals surface area contributed by atoms with Gasteiger partial charge in [-0.05, 0) is 30.2 Å². The summed E-state index contributed by atoms with van der Waals surface area (Å²) >= 11 is 0. The lowest BCUT2D eigenvalue weighted by Crippen LogP contribution is -2.13. The molecule has 0 aliphatic carbocycles. The molecule has 0 heterocycles. The maximum absolute atomic E-state index is 13.1. The zero-order valence-electron chi connectivity index (χ0n) is 9.75. The summed E-state index contributed by atoms with van der Waals surface area (Å²) in [5, 5.41) is 0. The Labute approximate surface area is 103 Å². The summed E-state index contributed by atoms with van der Waals surface area (Å²) in [6.07, 6.45) is 0. The van der Waals surface area contributed by atoms with Gasteiger partial charge in [0.25, 0.3) is 0 Å².